The molecule has 1 aromatic carbocycles. The minimum absolute atomic E-state index is 0.187. The van der Waals surface area contributed by atoms with E-state index in [0.29, 0.717) is 6.42 Å². The molecule has 1 rings (SSSR count). The molecule has 17 heavy (non-hydrogen) atoms. The van der Waals surface area contributed by atoms with Crippen molar-refractivity contribution < 1.29 is 9.84 Å². The molecule has 0 fully saturated rings. The number of hydrogen-bond acceptors (Lipinski definition) is 2. The fourth-order valence-electron chi connectivity index (χ4n) is 1.77. The zero-order valence-corrected chi connectivity index (χ0v) is 11.6. The van der Waals surface area contributed by atoms with Crippen LogP contribution in [-0.4, -0.2) is 17.8 Å². The van der Waals surface area contributed by atoms with Crippen molar-refractivity contribution in [2.45, 2.75) is 51.7 Å². The van der Waals surface area contributed by atoms with E-state index in [1.807, 2.05) is 52.0 Å². The highest BCUT2D eigenvalue weighted by molar-refractivity contribution is 5.26. The van der Waals surface area contributed by atoms with Gasteiger partial charge in [-0.25, -0.2) is 0 Å². The van der Waals surface area contributed by atoms with Gasteiger partial charge in [0.2, 0.25) is 0 Å². The van der Waals surface area contributed by atoms with E-state index in [9.17, 15) is 5.11 Å². The Hall–Kier alpha value is -0.860. The maximum atomic E-state index is 10.5. The molecule has 0 spiro atoms. The number of ether oxygens (including phenoxy) is 1. The summed E-state index contributed by atoms with van der Waals surface area (Å²) in [5.74, 6) is 0. The lowest BCUT2D eigenvalue weighted by Gasteiger charge is -2.30. The standard InChI is InChI=1S/C15H24O2/c1-12-7-6-8-13(11-12)15(4,16)10-9-14(2,3)17-5/h6-8,11,16H,9-10H2,1-5H3. The second kappa shape index (κ2) is 5.19. The summed E-state index contributed by atoms with van der Waals surface area (Å²) in [6.45, 7) is 7.99. The summed E-state index contributed by atoms with van der Waals surface area (Å²) in [5.41, 5.74) is 1.17. The van der Waals surface area contributed by atoms with Crippen molar-refractivity contribution in [3.8, 4) is 0 Å². The molecule has 0 aliphatic heterocycles. The van der Waals surface area contributed by atoms with Crippen LogP contribution in [0.5, 0.6) is 0 Å². The molecule has 0 saturated carbocycles. The Balaban J connectivity index is 2.75. The third kappa shape index (κ3) is 4.14. The van der Waals surface area contributed by atoms with Gasteiger partial charge in [0.15, 0.2) is 0 Å². The largest absolute Gasteiger partial charge is 0.385 e. The number of methoxy groups -OCH3 is 1. The highest BCUT2D eigenvalue weighted by Gasteiger charge is 2.27. The Bertz CT molecular complexity index is 367. The molecule has 1 aromatic rings. The van der Waals surface area contributed by atoms with E-state index in [1.165, 1.54) is 5.56 Å². The van der Waals surface area contributed by atoms with Gasteiger partial charge < -0.3 is 9.84 Å². The van der Waals surface area contributed by atoms with Gasteiger partial charge in [-0.3, -0.25) is 0 Å². The minimum atomic E-state index is -0.790. The summed E-state index contributed by atoms with van der Waals surface area (Å²) in [7, 11) is 1.71. The lowest BCUT2D eigenvalue weighted by Crippen LogP contribution is -2.29. The number of hydrogen-bond donors (Lipinski definition) is 1. The average molecular weight is 236 g/mol. The van der Waals surface area contributed by atoms with E-state index < -0.39 is 5.60 Å². The fourth-order valence-corrected chi connectivity index (χ4v) is 1.77. The lowest BCUT2D eigenvalue weighted by molar-refractivity contribution is -0.0211. The van der Waals surface area contributed by atoms with Crippen molar-refractivity contribution in [2.75, 3.05) is 7.11 Å². The van der Waals surface area contributed by atoms with Crippen LogP contribution in [0.4, 0.5) is 0 Å². The monoisotopic (exact) mass is 236 g/mol. The summed E-state index contributed by atoms with van der Waals surface area (Å²) < 4.78 is 5.38. The summed E-state index contributed by atoms with van der Waals surface area (Å²) in [4.78, 5) is 0. The highest BCUT2D eigenvalue weighted by atomic mass is 16.5. The number of rotatable bonds is 5. The van der Waals surface area contributed by atoms with Crippen molar-refractivity contribution in [1.29, 1.82) is 0 Å². The van der Waals surface area contributed by atoms with Crippen LogP contribution in [0.2, 0.25) is 0 Å². The van der Waals surface area contributed by atoms with Crippen LogP contribution < -0.4 is 0 Å². The van der Waals surface area contributed by atoms with Crippen LogP contribution in [0.1, 0.15) is 44.7 Å². The zero-order valence-electron chi connectivity index (χ0n) is 11.6. The molecule has 0 aliphatic rings. The Morgan fingerprint density at radius 3 is 2.35 bits per heavy atom. The molecule has 96 valence electrons. The van der Waals surface area contributed by atoms with Crippen molar-refractivity contribution in [3.05, 3.63) is 35.4 Å². The normalized spacial score (nSPS) is 15.6. The summed E-state index contributed by atoms with van der Waals surface area (Å²) in [6.07, 6.45) is 1.52. The van der Waals surface area contributed by atoms with E-state index in [0.717, 1.165) is 12.0 Å². The summed E-state index contributed by atoms with van der Waals surface area (Å²) in [5, 5.41) is 10.5. The van der Waals surface area contributed by atoms with Crippen molar-refractivity contribution in [1.82, 2.24) is 0 Å². The topological polar surface area (TPSA) is 29.5 Å². The molecule has 0 heterocycles. The van der Waals surface area contributed by atoms with E-state index in [2.05, 4.69) is 0 Å². The Labute approximate surface area is 105 Å². The van der Waals surface area contributed by atoms with Gasteiger partial charge >= 0.3 is 0 Å². The van der Waals surface area contributed by atoms with Gasteiger partial charge in [-0.05, 0) is 46.1 Å². The second-order valence-electron chi connectivity index (χ2n) is 5.61. The smallest absolute Gasteiger partial charge is 0.0869 e. The summed E-state index contributed by atoms with van der Waals surface area (Å²) >= 11 is 0. The molecule has 0 aromatic heterocycles. The van der Waals surface area contributed by atoms with Gasteiger partial charge in [0.25, 0.3) is 0 Å². The van der Waals surface area contributed by atoms with E-state index in [-0.39, 0.29) is 5.60 Å². The van der Waals surface area contributed by atoms with Gasteiger partial charge in [0.1, 0.15) is 0 Å². The van der Waals surface area contributed by atoms with Crippen LogP contribution in [0.25, 0.3) is 0 Å². The van der Waals surface area contributed by atoms with Crippen molar-refractivity contribution in [2.24, 2.45) is 0 Å². The third-order valence-corrected chi connectivity index (χ3v) is 3.41. The average Bonchev–Trinajstić information content (AvgIpc) is 2.27. The van der Waals surface area contributed by atoms with Crippen LogP contribution in [0.15, 0.2) is 24.3 Å². The Kier molecular flexibility index (Phi) is 4.34. The second-order valence-corrected chi connectivity index (χ2v) is 5.61. The predicted molar refractivity (Wildman–Crippen MR) is 71.1 cm³/mol. The van der Waals surface area contributed by atoms with Crippen molar-refractivity contribution in [3.63, 3.8) is 0 Å². The quantitative estimate of drug-likeness (QED) is 0.849. The van der Waals surface area contributed by atoms with Crippen LogP contribution in [0, 0.1) is 6.92 Å². The predicted octanol–water partition coefficient (Wildman–Crippen LogP) is 3.41. The van der Waals surface area contributed by atoms with E-state index in [4.69, 9.17) is 4.74 Å². The van der Waals surface area contributed by atoms with Crippen molar-refractivity contribution >= 4 is 0 Å². The first-order valence-corrected chi connectivity index (χ1v) is 6.11. The molecule has 0 saturated heterocycles. The van der Waals surface area contributed by atoms with Crippen LogP contribution in [0.3, 0.4) is 0 Å². The first-order chi connectivity index (χ1) is 7.77. The molecule has 1 atom stereocenters. The lowest BCUT2D eigenvalue weighted by atomic mass is 9.86. The molecule has 0 aliphatic carbocycles. The molecular weight excluding hydrogens is 212 g/mol. The maximum Gasteiger partial charge on any atom is 0.0869 e. The highest BCUT2D eigenvalue weighted by Crippen LogP contribution is 2.30. The molecule has 2 nitrogen and oxygen atoms in total. The van der Waals surface area contributed by atoms with Crippen LogP contribution >= 0.6 is 0 Å². The van der Waals surface area contributed by atoms with Gasteiger partial charge in [0, 0.05) is 7.11 Å². The SMILES string of the molecule is COC(C)(C)CCC(C)(O)c1cccc(C)c1. The molecule has 1 unspecified atom stereocenters. The van der Waals surface area contributed by atoms with Gasteiger partial charge in [0.05, 0.1) is 11.2 Å². The molecule has 0 amide bonds. The minimum Gasteiger partial charge on any atom is -0.385 e. The third-order valence-electron chi connectivity index (χ3n) is 3.41. The molecule has 1 N–H and O–H groups in total. The number of aryl methyl sites for hydroxylation is 1. The molecular formula is C15H24O2. The number of aliphatic hydroxyl groups is 1. The summed E-state index contributed by atoms with van der Waals surface area (Å²) in [6, 6.07) is 8.05. The van der Waals surface area contributed by atoms with Crippen LogP contribution in [-0.2, 0) is 10.3 Å². The van der Waals surface area contributed by atoms with Gasteiger partial charge in [-0.1, -0.05) is 29.8 Å². The first-order valence-electron chi connectivity index (χ1n) is 6.11. The molecule has 2 heteroatoms. The maximum absolute atomic E-state index is 10.5. The fraction of sp³-hybridized carbons (Fsp3) is 0.600. The first kappa shape index (κ1) is 14.2. The van der Waals surface area contributed by atoms with E-state index >= 15 is 0 Å². The Morgan fingerprint density at radius 1 is 1.18 bits per heavy atom. The molecule has 0 radical (unpaired) electrons. The van der Waals surface area contributed by atoms with Gasteiger partial charge in [-0.15, -0.1) is 0 Å². The molecule has 0 bridgehead atoms. The van der Waals surface area contributed by atoms with Gasteiger partial charge in [-0.2, -0.15) is 0 Å². The Morgan fingerprint density at radius 2 is 1.82 bits per heavy atom. The van der Waals surface area contributed by atoms with E-state index in [1.54, 1.807) is 7.11 Å². The number of benzene rings is 1. The zero-order chi connectivity index (χ0) is 13.1.